The van der Waals surface area contributed by atoms with Crippen LogP contribution in [0.25, 0.3) is 0 Å². The Labute approximate surface area is 76.1 Å². The highest BCUT2D eigenvalue weighted by atomic mass is 15.1. The lowest BCUT2D eigenvalue weighted by molar-refractivity contribution is 0.458. The molecule has 0 radical (unpaired) electrons. The summed E-state index contributed by atoms with van der Waals surface area (Å²) >= 11 is 0. The average Bonchev–Trinajstić information content (AvgIpc) is 2.01. The van der Waals surface area contributed by atoms with Crippen LogP contribution < -0.4 is 0 Å². The molecule has 0 aromatic rings. The van der Waals surface area contributed by atoms with Crippen molar-refractivity contribution in [3.8, 4) is 0 Å². The van der Waals surface area contributed by atoms with Crippen LogP contribution in [0.3, 0.4) is 0 Å². The van der Waals surface area contributed by atoms with E-state index < -0.39 is 0 Å². The van der Waals surface area contributed by atoms with Gasteiger partial charge in [-0.1, -0.05) is 32.1 Å². The maximum Gasteiger partial charge on any atom is 0.0354 e. The van der Waals surface area contributed by atoms with Gasteiger partial charge in [0.15, 0.2) is 0 Å². The zero-order valence-corrected chi connectivity index (χ0v) is 8.16. The molecule has 0 unspecified atom stereocenters. The molecular formula is C11H19N. The van der Waals surface area contributed by atoms with Crippen molar-refractivity contribution in [1.29, 1.82) is 0 Å². The van der Waals surface area contributed by atoms with E-state index in [0.29, 0.717) is 5.92 Å². The van der Waals surface area contributed by atoms with Crippen LogP contribution in [0.4, 0.5) is 0 Å². The van der Waals surface area contributed by atoms with E-state index >= 15 is 0 Å². The minimum absolute atomic E-state index is 0.599. The van der Waals surface area contributed by atoms with Crippen molar-refractivity contribution in [3.63, 3.8) is 0 Å². The molecule has 0 bridgehead atoms. The van der Waals surface area contributed by atoms with E-state index in [-0.39, 0.29) is 0 Å². The topological polar surface area (TPSA) is 3.24 Å². The van der Waals surface area contributed by atoms with Gasteiger partial charge in [-0.05, 0) is 12.1 Å². The summed E-state index contributed by atoms with van der Waals surface area (Å²) in [6, 6.07) is 0. The fourth-order valence-electron chi connectivity index (χ4n) is 0.822. The van der Waals surface area contributed by atoms with Crippen LogP contribution in [0.5, 0.6) is 0 Å². The minimum Gasteiger partial charge on any atom is -0.370 e. The predicted molar refractivity (Wildman–Crippen MR) is 55.9 cm³/mol. The van der Waals surface area contributed by atoms with Gasteiger partial charge in [0.1, 0.15) is 0 Å². The first-order valence-corrected chi connectivity index (χ1v) is 4.35. The van der Waals surface area contributed by atoms with Crippen molar-refractivity contribution in [2.75, 3.05) is 13.1 Å². The SMILES string of the molecule is C=CCN(/C=C/C(C)C)CC=C. The third-order valence-electron chi connectivity index (χ3n) is 1.41. The molecule has 0 amide bonds. The van der Waals surface area contributed by atoms with Crippen LogP contribution in [-0.2, 0) is 0 Å². The summed E-state index contributed by atoms with van der Waals surface area (Å²) in [5.74, 6) is 0.599. The van der Waals surface area contributed by atoms with Crippen molar-refractivity contribution in [2.45, 2.75) is 13.8 Å². The molecule has 0 aromatic carbocycles. The molecule has 0 atom stereocenters. The number of hydrogen-bond donors (Lipinski definition) is 0. The monoisotopic (exact) mass is 165 g/mol. The Morgan fingerprint density at radius 1 is 1.17 bits per heavy atom. The van der Waals surface area contributed by atoms with Gasteiger partial charge in [-0.25, -0.2) is 0 Å². The highest BCUT2D eigenvalue weighted by Gasteiger charge is 1.92. The van der Waals surface area contributed by atoms with Crippen LogP contribution in [0, 0.1) is 5.92 Å². The quantitative estimate of drug-likeness (QED) is 0.547. The molecular weight excluding hydrogens is 146 g/mol. The van der Waals surface area contributed by atoms with E-state index in [0.717, 1.165) is 13.1 Å². The highest BCUT2D eigenvalue weighted by molar-refractivity contribution is 4.91. The van der Waals surface area contributed by atoms with E-state index in [1.165, 1.54) is 0 Å². The Bertz CT molecular complexity index is 146. The summed E-state index contributed by atoms with van der Waals surface area (Å²) in [6.45, 7) is 13.5. The lowest BCUT2D eigenvalue weighted by atomic mass is 10.2. The van der Waals surface area contributed by atoms with E-state index in [2.05, 4.69) is 44.2 Å². The molecule has 0 aliphatic heterocycles. The average molecular weight is 165 g/mol. The molecule has 68 valence electrons. The van der Waals surface area contributed by atoms with Gasteiger partial charge in [0.05, 0.1) is 0 Å². The highest BCUT2D eigenvalue weighted by Crippen LogP contribution is 1.97. The molecule has 0 saturated carbocycles. The molecule has 1 nitrogen and oxygen atoms in total. The van der Waals surface area contributed by atoms with Crippen LogP contribution in [0.15, 0.2) is 37.6 Å². The van der Waals surface area contributed by atoms with Crippen LogP contribution in [0.2, 0.25) is 0 Å². The maximum absolute atomic E-state index is 3.70. The molecule has 0 fully saturated rings. The van der Waals surface area contributed by atoms with Crippen molar-refractivity contribution >= 4 is 0 Å². The van der Waals surface area contributed by atoms with Gasteiger partial charge in [-0.15, -0.1) is 13.2 Å². The molecule has 0 heterocycles. The molecule has 0 aliphatic carbocycles. The van der Waals surface area contributed by atoms with Gasteiger partial charge in [0, 0.05) is 13.1 Å². The maximum atomic E-state index is 3.70. The number of nitrogens with zero attached hydrogens (tertiary/aromatic N) is 1. The van der Waals surface area contributed by atoms with Crippen molar-refractivity contribution in [3.05, 3.63) is 37.6 Å². The zero-order chi connectivity index (χ0) is 9.40. The summed E-state index contributed by atoms with van der Waals surface area (Å²) in [5.41, 5.74) is 0. The lowest BCUT2D eigenvalue weighted by Gasteiger charge is -2.15. The largest absolute Gasteiger partial charge is 0.370 e. The first kappa shape index (κ1) is 11.0. The Morgan fingerprint density at radius 2 is 1.67 bits per heavy atom. The first-order valence-electron chi connectivity index (χ1n) is 4.35. The van der Waals surface area contributed by atoms with Crippen molar-refractivity contribution in [2.24, 2.45) is 5.92 Å². The van der Waals surface area contributed by atoms with Crippen molar-refractivity contribution in [1.82, 2.24) is 4.90 Å². The molecule has 0 rings (SSSR count). The molecule has 1 heteroatoms. The summed E-state index contributed by atoms with van der Waals surface area (Å²) in [7, 11) is 0. The molecule has 0 aromatic heterocycles. The van der Waals surface area contributed by atoms with E-state index in [1.54, 1.807) is 0 Å². The van der Waals surface area contributed by atoms with Gasteiger partial charge in [-0.2, -0.15) is 0 Å². The Morgan fingerprint density at radius 3 is 2.00 bits per heavy atom. The Balaban J connectivity index is 3.92. The summed E-state index contributed by atoms with van der Waals surface area (Å²) in [5, 5.41) is 0. The van der Waals surface area contributed by atoms with Crippen LogP contribution in [-0.4, -0.2) is 18.0 Å². The lowest BCUT2D eigenvalue weighted by Crippen LogP contribution is -2.16. The van der Waals surface area contributed by atoms with Crippen LogP contribution in [0.1, 0.15) is 13.8 Å². The van der Waals surface area contributed by atoms with Gasteiger partial charge < -0.3 is 4.90 Å². The first-order chi connectivity index (χ1) is 5.70. The number of rotatable bonds is 6. The molecule has 0 N–H and O–H groups in total. The standard InChI is InChI=1S/C11H19N/c1-5-8-12(9-6-2)10-7-11(3)4/h5-7,10-11H,1-2,8-9H2,3-4H3/b10-7+. The second-order valence-electron chi connectivity index (χ2n) is 3.12. The van der Waals surface area contributed by atoms with Gasteiger partial charge in [-0.3, -0.25) is 0 Å². The molecule has 0 saturated heterocycles. The third-order valence-corrected chi connectivity index (χ3v) is 1.41. The molecule has 0 aliphatic rings. The second kappa shape index (κ2) is 6.71. The Hall–Kier alpha value is -0.980. The predicted octanol–water partition coefficient (Wildman–Crippen LogP) is 2.83. The van der Waals surface area contributed by atoms with E-state index in [4.69, 9.17) is 0 Å². The zero-order valence-electron chi connectivity index (χ0n) is 8.16. The number of hydrogen-bond acceptors (Lipinski definition) is 1. The van der Waals surface area contributed by atoms with Crippen LogP contribution >= 0.6 is 0 Å². The third kappa shape index (κ3) is 5.78. The normalized spacial score (nSPS) is 10.6. The second-order valence-corrected chi connectivity index (χ2v) is 3.12. The smallest absolute Gasteiger partial charge is 0.0354 e. The molecule has 0 spiro atoms. The fourth-order valence-corrected chi connectivity index (χ4v) is 0.822. The van der Waals surface area contributed by atoms with Gasteiger partial charge >= 0.3 is 0 Å². The van der Waals surface area contributed by atoms with E-state index in [9.17, 15) is 0 Å². The summed E-state index contributed by atoms with van der Waals surface area (Å²) in [6.07, 6.45) is 8.07. The number of allylic oxidation sites excluding steroid dienone is 1. The minimum atomic E-state index is 0.599. The summed E-state index contributed by atoms with van der Waals surface area (Å²) in [4.78, 5) is 2.17. The van der Waals surface area contributed by atoms with Gasteiger partial charge in [0.25, 0.3) is 0 Å². The fraction of sp³-hybridized carbons (Fsp3) is 0.455. The van der Waals surface area contributed by atoms with Gasteiger partial charge in [0.2, 0.25) is 0 Å². The van der Waals surface area contributed by atoms with E-state index in [1.807, 2.05) is 12.2 Å². The van der Waals surface area contributed by atoms with Crippen molar-refractivity contribution < 1.29 is 0 Å². The summed E-state index contributed by atoms with van der Waals surface area (Å²) < 4.78 is 0. The Kier molecular flexibility index (Phi) is 6.16. The molecule has 12 heavy (non-hydrogen) atoms.